The maximum Gasteiger partial charge on any atom is 0.238 e. The number of aromatic nitrogens is 2. The number of unbranched alkanes of at least 4 members (excludes halogenated alkanes) is 2. The lowest BCUT2D eigenvalue weighted by atomic mass is 9.96. The van der Waals surface area contributed by atoms with Gasteiger partial charge in [-0.3, -0.25) is 4.90 Å². The predicted molar refractivity (Wildman–Crippen MR) is 150 cm³/mol. The van der Waals surface area contributed by atoms with Gasteiger partial charge in [0.25, 0.3) is 0 Å². The van der Waals surface area contributed by atoms with Crippen LogP contribution in [0.5, 0.6) is 17.4 Å². The van der Waals surface area contributed by atoms with Gasteiger partial charge in [0, 0.05) is 31.3 Å². The smallest absolute Gasteiger partial charge is 0.238 e. The molecular weight excluding hydrogens is 478 g/mol. The Morgan fingerprint density at radius 2 is 1.63 bits per heavy atom. The van der Waals surface area contributed by atoms with Gasteiger partial charge in [-0.05, 0) is 49.1 Å². The molecule has 7 nitrogen and oxygen atoms in total. The second-order valence-electron chi connectivity index (χ2n) is 9.66. The van der Waals surface area contributed by atoms with E-state index in [4.69, 9.17) is 18.9 Å². The van der Waals surface area contributed by atoms with Crippen LogP contribution in [0.25, 0.3) is 11.3 Å². The molecule has 1 aliphatic rings. The quantitative estimate of drug-likeness (QED) is 0.225. The molecule has 0 radical (unpaired) electrons. The van der Waals surface area contributed by atoms with Crippen LogP contribution in [0.1, 0.15) is 56.2 Å². The molecule has 204 valence electrons. The van der Waals surface area contributed by atoms with E-state index in [-0.39, 0.29) is 0 Å². The lowest BCUT2D eigenvalue weighted by molar-refractivity contribution is 0.141. The molecule has 0 amide bonds. The Hall–Kier alpha value is -3.16. The number of hydrogen-bond acceptors (Lipinski definition) is 7. The van der Waals surface area contributed by atoms with Crippen molar-refractivity contribution in [2.45, 2.75) is 59.0 Å². The summed E-state index contributed by atoms with van der Waals surface area (Å²) in [5, 5.41) is 9.28. The summed E-state index contributed by atoms with van der Waals surface area (Å²) in [5.41, 5.74) is 5.58. The van der Waals surface area contributed by atoms with Crippen LogP contribution in [0.4, 0.5) is 0 Å². The van der Waals surface area contributed by atoms with Gasteiger partial charge in [0.2, 0.25) is 5.88 Å². The molecule has 1 aromatic heterocycles. The van der Waals surface area contributed by atoms with Crippen LogP contribution in [-0.4, -0.2) is 55.2 Å². The first-order valence-electron chi connectivity index (χ1n) is 13.9. The van der Waals surface area contributed by atoms with Crippen molar-refractivity contribution in [3.63, 3.8) is 0 Å². The van der Waals surface area contributed by atoms with Crippen LogP contribution in [0.3, 0.4) is 0 Å². The SMILES string of the molecule is CCCCc1c(-c2ccccc2)nnc(OCCOC)c1CN(CCCC)Cc1ccc2c(c1)OCCO2. The third-order valence-corrected chi connectivity index (χ3v) is 6.73. The molecule has 2 heterocycles. The molecule has 0 unspecified atom stereocenters. The monoisotopic (exact) mass is 519 g/mol. The van der Waals surface area contributed by atoms with Gasteiger partial charge in [0.1, 0.15) is 19.8 Å². The van der Waals surface area contributed by atoms with Gasteiger partial charge in [-0.25, -0.2) is 0 Å². The van der Waals surface area contributed by atoms with Gasteiger partial charge in [-0.15, -0.1) is 10.2 Å². The minimum atomic E-state index is 0.438. The van der Waals surface area contributed by atoms with E-state index in [9.17, 15) is 0 Å². The summed E-state index contributed by atoms with van der Waals surface area (Å²) in [6.07, 6.45) is 5.35. The van der Waals surface area contributed by atoms with Crippen LogP contribution in [-0.2, 0) is 24.2 Å². The summed E-state index contributed by atoms with van der Waals surface area (Å²) in [6, 6.07) is 16.6. The molecule has 0 aliphatic carbocycles. The summed E-state index contributed by atoms with van der Waals surface area (Å²) >= 11 is 0. The Morgan fingerprint density at radius 3 is 2.39 bits per heavy atom. The van der Waals surface area contributed by atoms with E-state index in [1.165, 1.54) is 11.1 Å². The molecule has 0 spiro atoms. The predicted octanol–water partition coefficient (Wildman–Crippen LogP) is 6.08. The van der Waals surface area contributed by atoms with E-state index in [0.29, 0.717) is 32.3 Å². The van der Waals surface area contributed by atoms with Gasteiger partial charge in [0.15, 0.2) is 11.5 Å². The summed E-state index contributed by atoms with van der Waals surface area (Å²) < 4.78 is 23.0. The first-order chi connectivity index (χ1) is 18.7. The number of hydrogen-bond donors (Lipinski definition) is 0. The summed E-state index contributed by atoms with van der Waals surface area (Å²) in [4.78, 5) is 2.49. The average molecular weight is 520 g/mol. The van der Waals surface area contributed by atoms with Crippen molar-refractivity contribution in [3.05, 3.63) is 65.2 Å². The number of benzene rings is 2. The number of fused-ring (bicyclic) bond motifs is 1. The van der Waals surface area contributed by atoms with Crippen LogP contribution in [0, 0.1) is 0 Å². The van der Waals surface area contributed by atoms with Crippen molar-refractivity contribution >= 4 is 0 Å². The molecule has 2 aromatic carbocycles. The fourth-order valence-corrected chi connectivity index (χ4v) is 4.70. The molecule has 38 heavy (non-hydrogen) atoms. The fourth-order valence-electron chi connectivity index (χ4n) is 4.70. The molecule has 7 heteroatoms. The summed E-state index contributed by atoms with van der Waals surface area (Å²) in [6.45, 7) is 9.08. The second-order valence-corrected chi connectivity index (χ2v) is 9.66. The zero-order valence-corrected chi connectivity index (χ0v) is 23.1. The van der Waals surface area contributed by atoms with Gasteiger partial charge in [0.05, 0.1) is 12.3 Å². The second kappa shape index (κ2) is 14.7. The summed E-state index contributed by atoms with van der Waals surface area (Å²) in [7, 11) is 1.68. The highest BCUT2D eigenvalue weighted by Gasteiger charge is 2.22. The minimum Gasteiger partial charge on any atom is -0.486 e. The first kappa shape index (κ1) is 27.9. The average Bonchev–Trinajstić information content (AvgIpc) is 2.96. The first-order valence-corrected chi connectivity index (χ1v) is 13.9. The van der Waals surface area contributed by atoms with Crippen molar-refractivity contribution in [1.82, 2.24) is 15.1 Å². The molecule has 3 aromatic rings. The maximum atomic E-state index is 6.16. The lowest BCUT2D eigenvalue weighted by Gasteiger charge is -2.26. The molecule has 0 fully saturated rings. The topological polar surface area (TPSA) is 65.9 Å². The third kappa shape index (κ3) is 7.45. The Balaban J connectivity index is 1.70. The Morgan fingerprint density at radius 1 is 0.842 bits per heavy atom. The molecule has 4 rings (SSSR count). The normalized spacial score (nSPS) is 12.6. The van der Waals surface area contributed by atoms with Gasteiger partial charge in [-0.1, -0.05) is 63.1 Å². The van der Waals surface area contributed by atoms with Gasteiger partial charge in [-0.2, -0.15) is 0 Å². The van der Waals surface area contributed by atoms with E-state index in [1.54, 1.807) is 7.11 Å². The van der Waals surface area contributed by atoms with E-state index in [0.717, 1.165) is 80.1 Å². The van der Waals surface area contributed by atoms with Crippen molar-refractivity contribution in [2.75, 3.05) is 40.1 Å². The molecule has 0 saturated heterocycles. The Bertz CT molecular complexity index is 1140. The summed E-state index contributed by atoms with van der Waals surface area (Å²) in [5.74, 6) is 2.26. The van der Waals surface area contributed by atoms with Crippen LogP contribution < -0.4 is 14.2 Å². The van der Waals surface area contributed by atoms with Crippen molar-refractivity contribution < 1.29 is 18.9 Å². The number of ether oxygens (including phenoxy) is 4. The van der Waals surface area contributed by atoms with E-state index in [2.05, 4.69) is 65.3 Å². The van der Waals surface area contributed by atoms with E-state index >= 15 is 0 Å². The van der Waals surface area contributed by atoms with Gasteiger partial charge < -0.3 is 18.9 Å². The van der Waals surface area contributed by atoms with Crippen LogP contribution >= 0.6 is 0 Å². The standard InChI is InChI=1S/C31H41N3O4/c1-4-6-13-26-27(31(38-18-17-35-3)33-32-30(26)25-11-9-8-10-12-25)23-34(16-7-5-2)22-24-14-15-28-29(21-24)37-20-19-36-28/h8-12,14-15,21H,4-7,13,16-20,22-23H2,1-3H3. The van der Waals surface area contributed by atoms with Crippen molar-refractivity contribution in [1.29, 1.82) is 0 Å². The minimum absolute atomic E-state index is 0.438. The van der Waals surface area contributed by atoms with E-state index in [1.807, 2.05) is 12.1 Å². The zero-order valence-electron chi connectivity index (χ0n) is 23.1. The lowest BCUT2D eigenvalue weighted by Crippen LogP contribution is -2.26. The Kier molecular flexibility index (Phi) is 10.8. The van der Waals surface area contributed by atoms with Crippen LogP contribution in [0.2, 0.25) is 0 Å². The van der Waals surface area contributed by atoms with E-state index < -0.39 is 0 Å². The Labute approximate surface area is 227 Å². The molecule has 0 atom stereocenters. The number of methoxy groups -OCH3 is 1. The van der Waals surface area contributed by atoms with Crippen molar-refractivity contribution in [2.24, 2.45) is 0 Å². The highest BCUT2D eigenvalue weighted by Crippen LogP contribution is 2.33. The molecular formula is C31H41N3O4. The van der Waals surface area contributed by atoms with Gasteiger partial charge >= 0.3 is 0 Å². The molecule has 0 N–H and O–H groups in total. The number of rotatable bonds is 15. The highest BCUT2D eigenvalue weighted by atomic mass is 16.6. The molecule has 0 bridgehead atoms. The fraction of sp³-hybridized carbons (Fsp3) is 0.484. The largest absolute Gasteiger partial charge is 0.486 e. The third-order valence-electron chi connectivity index (χ3n) is 6.73. The number of nitrogens with zero attached hydrogens (tertiary/aromatic N) is 3. The highest BCUT2D eigenvalue weighted by molar-refractivity contribution is 5.65. The molecule has 0 saturated carbocycles. The molecule has 1 aliphatic heterocycles. The van der Waals surface area contributed by atoms with Crippen LogP contribution in [0.15, 0.2) is 48.5 Å². The maximum absolute atomic E-state index is 6.16. The zero-order chi connectivity index (χ0) is 26.6. The van der Waals surface area contributed by atoms with Crippen molar-refractivity contribution in [3.8, 4) is 28.6 Å².